The number of fused-ring (bicyclic) bond motifs is 1. The SMILES string of the molecule is CCCn1cc(Oc2ccc3ncccc3c2N)cn1. The molecule has 2 aromatic heterocycles. The van der Waals surface area contributed by atoms with Crippen molar-refractivity contribution in [2.24, 2.45) is 0 Å². The van der Waals surface area contributed by atoms with Gasteiger partial charge in [0.25, 0.3) is 0 Å². The van der Waals surface area contributed by atoms with Crippen molar-refractivity contribution >= 4 is 16.6 Å². The van der Waals surface area contributed by atoms with E-state index in [0.29, 0.717) is 17.2 Å². The van der Waals surface area contributed by atoms with E-state index in [1.165, 1.54) is 0 Å². The van der Waals surface area contributed by atoms with Crippen LogP contribution in [0.15, 0.2) is 42.9 Å². The fourth-order valence-electron chi connectivity index (χ4n) is 2.12. The van der Waals surface area contributed by atoms with E-state index in [2.05, 4.69) is 17.0 Å². The number of hydrogen-bond donors (Lipinski definition) is 1. The van der Waals surface area contributed by atoms with Crippen LogP contribution in [0.3, 0.4) is 0 Å². The largest absolute Gasteiger partial charge is 0.452 e. The van der Waals surface area contributed by atoms with Gasteiger partial charge in [0.1, 0.15) is 0 Å². The van der Waals surface area contributed by atoms with Gasteiger partial charge in [-0.15, -0.1) is 0 Å². The third-order valence-electron chi connectivity index (χ3n) is 3.08. The zero-order valence-corrected chi connectivity index (χ0v) is 11.3. The lowest BCUT2D eigenvalue weighted by atomic mass is 10.1. The minimum absolute atomic E-state index is 0.596. The molecule has 0 bridgehead atoms. The molecule has 0 fully saturated rings. The maximum atomic E-state index is 6.14. The Morgan fingerprint density at radius 2 is 2.20 bits per heavy atom. The number of ether oxygens (including phenoxy) is 1. The van der Waals surface area contributed by atoms with Crippen molar-refractivity contribution in [3.05, 3.63) is 42.9 Å². The van der Waals surface area contributed by atoms with Crippen LogP contribution in [0.25, 0.3) is 10.9 Å². The van der Waals surface area contributed by atoms with Crippen molar-refractivity contribution in [1.29, 1.82) is 0 Å². The lowest BCUT2D eigenvalue weighted by Crippen LogP contribution is -1.96. The second-order valence-electron chi connectivity index (χ2n) is 4.59. The summed E-state index contributed by atoms with van der Waals surface area (Å²) in [5.41, 5.74) is 7.60. The van der Waals surface area contributed by atoms with Crippen LogP contribution < -0.4 is 10.5 Å². The molecule has 0 saturated carbocycles. The van der Waals surface area contributed by atoms with E-state index in [9.17, 15) is 0 Å². The first kappa shape index (κ1) is 12.5. The fraction of sp³-hybridized carbons (Fsp3) is 0.200. The Morgan fingerprint density at radius 3 is 3.05 bits per heavy atom. The average Bonchev–Trinajstić information content (AvgIpc) is 2.90. The quantitative estimate of drug-likeness (QED) is 0.738. The standard InChI is InChI=1S/C15H16N4O/c1-2-8-19-10-11(9-18-19)20-14-6-5-13-12(15(14)16)4-3-7-17-13/h3-7,9-10H,2,8,16H2,1H3. The van der Waals surface area contributed by atoms with E-state index in [4.69, 9.17) is 10.5 Å². The number of benzene rings is 1. The molecule has 0 aliphatic rings. The number of hydrogen-bond acceptors (Lipinski definition) is 4. The van der Waals surface area contributed by atoms with Crippen LogP contribution in [0.1, 0.15) is 13.3 Å². The van der Waals surface area contributed by atoms with Crippen molar-refractivity contribution in [3.63, 3.8) is 0 Å². The van der Waals surface area contributed by atoms with Crippen LogP contribution in [-0.2, 0) is 6.54 Å². The molecule has 2 N–H and O–H groups in total. The number of aromatic nitrogens is 3. The first-order valence-corrected chi connectivity index (χ1v) is 6.61. The summed E-state index contributed by atoms with van der Waals surface area (Å²) in [5, 5.41) is 5.13. The van der Waals surface area contributed by atoms with Gasteiger partial charge in [0, 0.05) is 18.1 Å². The first-order chi connectivity index (χ1) is 9.78. The summed E-state index contributed by atoms with van der Waals surface area (Å²) in [7, 11) is 0. The smallest absolute Gasteiger partial charge is 0.165 e. The molecule has 5 heteroatoms. The molecule has 1 aromatic carbocycles. The molecule has 102 valence electrons. The van der Waals surface area contributed by atoms with Crippen LogP contribution in [0, 0.1) is 0 Å². The number of nitrogens with two attached hydrogens (primary N) is 1. The summed E-state index contributed by atoms with van der Waals surface area (Å²) in [6.45, 7) is 2.98. The monoisotopic (exact) mass is 268 g/mol. The molecule has 0 amide bonds. The first-order valence-electron chi connectivity index (χ1n) is 6.61. The summed E-state index contributed by atoms with van der Waals surface area (Å²) >= 11 is 0. The van der Waals surface area contributed by atoms with Crippen molar-refractivity contribution in [2.75, 3.05) is 5.73 Å². The summed E-state index contributed by atoms with van der Waals surface area (Å²) < 4.78 is 7.66. The van der Waals surface area contributed by atoms with Gasteiger partial charge in [-0.3, -0.25) is 9.67 Å². The van der Waals surface area contributed by atoms with Crippen molar-refractivity contribution in [3.8, 4) is 11.5 Å². The zero-order chi connectivity index (χ0) is 13.9. The van der Waals surface area contributed by atoms with Crippen LogP contribution in [0.5, 0.6) is 11.5 Å². The van der Waals surface area contributed by atoms with Gasteiger partial charge in [-0.25, -0.2) is 0 Å². The third kappa shape index (κ3) is 2.30. The highest BCUT2D eigenvalue weighted by molar-refractivity contribution is 5.93. The van der Waals surface area contributed by atoms with E-state index in [1.807, 2.05) is 35.1 Å². The highest BCUT2D eigenvalue weighted by Gasteiger charge is 2.08. The minimum Gasteiger partial charge on any atom is -0.452 e. The lowest BCUT2D eigenvalue weighted by molar-refractivity contribution is 0.483. The lowest BCUT2D eigenvalue weighted by Gasteiger charge is -2.08. The molecule has 2 heterocycles. The van der Waals surface area contributed by atoms with Gasteiger partial charge >= 0.3 is 0 Å². The summed E-state index contributed by atoms with van der Waals surface area (Å²) in [6, 6.07) is 7.53. The Labute approximate surface area is 117 Å². The van der Waals surface area contributed by atoms with E-state index in [1.54, 1.807) is 12.4 Å². The molecule has 3 rings (SSSR count). The molecule has 0 spiro atoms. The van der Waals surface area contributed by atoms with Crippen molar-refractivity contribution < 1.29 is 4.74 Å². The Morgan fingerprint density at radius 1 is 1.30 bits per heavy atom. The minimum atomic E-state index is 0.596. The molecule has 0 radical (unpaired) electrons. The van der Waals surface area contributed by atoms with E-state index >= 15 is 0 Å². The van der Waals surface area contributed by atoms with Gasteiger partial charge in [0.05, 0.1) is 23.6 Å². The number of nitrogens with zero attached hydrogens (tertiary/aromatic N) is 3. The molecule has 0 aliphatic carbocycles. The van der Waals surface area contributed by atoms with Crippen LogP contribution in [0.4, 0.5) is 5.69 Å². The van der Waals surface area contributed by atoms with Gasteiger partial charge in [-0.05, 0) is 30.7 Å². The maximum Gasteiger partial charge on any atom is 0.165 e. The van der Waals surface area contributed by atoms with E-state index in [-0.39, 0.29) is 0 Å². The van der Waals surface area contributed by atoms with Gasteiger partial charge in [0.2, 0.25) is 0 Å². The Kier molecular flexibility index (Phi) is 3.25. The topological polar surface area (TPSA) is 66.0 Å². The predicted octanol–water partition coefficient (Wildman–Crippen LogP) is 3.22. The summed E-state index contributed by atoms with van der Waals surface area (Å²) in [4.78, 5) is 4.27. The number of anilines is 1. The molecule has 0 atom stereocenters. The number of nitrogen functional groups attached to an aromatic ring is 1. The molecule has 20 heavy (non-hydrogen) atoms. The zero-order valence-electron chi connectivity index (χ0n) is 11.3. The van der Waals surface area contributed by atoms with E-state index < -0.39 is 0 Å². The third-order valence-corrected chi connectivity index (χ3v) is 3.08. The second-order valence-corrected chi connectivity index (χ2v) is 4.59. The Balaban J connectivity index is 1.91. The fourth-order valence-corrected chi connectivity index (χ4v) is 2.12. The van der Waals surface area contributed by atoms with Gasteiger partial charge in [-0.1, -0.05) is 6.92 Å². The van der Waals surface area contributed by atoms with Gasteiger partial charge in [-0.2, -0.15) is 5.10 Å². The van der Waals surface area contributed by atoms with E-state index in [0.717, 1.165) is 23.9 Å². The normalized spacial score (nSPS) is 10.8. The van der Waals surface area contributed by atoms with Crippen molar-refractivity contribution in [2.45, 2.75) is 19.9 Å². The molecular weight excluding hydrogens is 252 g/mol. The van der Waals surface area contributed by atoms with Gasteiger partial charge < -0.3 is 10.5 Å². The Bertz CT molecular complexity index is 736. The Hall–Kier alpha value is -2.56. The number of rotatable bonds is 4. The predicted molar refractivity (Wildman–Crippen MR) is 78.7 cm³/mol. The summed E-state index contributed by atoms with van der Waals surface area (Å²) in [5.74, 6) is 1.31. The molecule has 0 aliphatic heterocycles. The molecule has 0 saturated heterocycles. The molecule has 5 nitrogen and oxygen atoms in total. The molecular formula is C15H16N4O. The van der Waals surface area contributed by atoms with Gasteiger partial charge in [0.15, 0.2) is 11.5 Å². The molecule has 3 aromatic rings. The highest BCUT2D eigenvalue weighted by atomic mass is 16.5. The number of pyridine rings is 1. The maximum absolute atomic E-state index is 6.14. The summed E-state index contributed by atoms with van der Waals surface area (Å²) in [6.07, 6.45) is 6.35. The number of aryl methyl sites for hydroxylation is 1. The average molecular weight is 268 g/mol. The van der Waals surface area contributed by atoms with Crippen LogP contribution >= 0.6 is 0 Å². The second kappa shape index (κ2) is 5.21. The van der Waals surface area contributed by atoms with Crippen LogP contribution in [0.2, 0.25) is 0 Å². The molecule has 0 unspecified atom stereocenters. The van der Waals surface area contributed by atoms with Crippen molar-refractivity contribution in [1.82, 2.24) is 14.8 Å². The van der Waals surface area contributed by atoms with Crippen LogP contribution in [-0.4, -0.2) is 14.8 Å². The highest BCUT2D eigenvalue weighted by Crippen LogP contribution is 2.32.